The number of nitrogens with zero attached hydrogens (tertiary/aromatic N) is 5. The molecule has 1 aromatic carbocycles. The van der Waals surface area contributed by atoms with Crippen LogP contribution >= 0.6 is 0 Å². The van der Waals surface area contributed by atoms with E-state index >= 15 is 0 Å². The molecule has 34 heavy (non-hydrogen) atoms. The quantitative estimate of drug-likeness (QED) is 0.434. The van der Waals surface area contributed by atoms with Gasteiger partial charge in [-0.15, -0.1) is 0 Å². The summed E-state index contributed by atoms with van der Waals surface area (Å²) >= 11 is 0. The molecule has 0 aliphatic heterocycles. The molecule has 8 nitrogen and oxygen atoms in total. The normalized spacial score (nSPS) is 13.1. The van der Waals surface area contributed by atoms with Gasteiger partial charge >= 0.3 is 0 Å². The molecule has 0 saturated heterocycles. The van der Waals surface area contributed by atoms with Gasteiger partial charge in [-0.25, -0.2) is 9.50 Å². The fourth-order valence-electron chi connectivity index (χ4n) is 3.68. The number of aromatic nitrogens is 4. The Morgan fingerprint density at radius 2 is 1.94 bits per heavy atom. The van der Waals surface area contributed by atoms with Crippen molar-refractivity contribution < 1.29 is 4.79 Å². The summed E-state index contributed by atoms with van der Waals surface area (Å²) in [4.78, 5) is 21.2. The van der Waals surface area contributed by atoms with Gasteiger partial charge in [-0.2, -0.15) is 10.4 Å². The Hall–Kier alpha value is -4.25. The first-order valence-electron chi connectivity index (χ1n) is 11.4. The van der Waals surface area contributed by atoms with E-state index in [-0.39, 0.29) is 5.91 Å². The van der Waals surface area contributed by atoms with Crippen LogP contribution in [0.4, 0.5) is 5.69 Å². The van der Waals surface area contributed by atoms with Crippen LogP contribution in [0.3, 0.4) is 0 Å². The average Bonchev–Trinajstić information content (AvgIpc) is 3.57. The Morgan fingerprint density at radius 3 is 2.65 bits per heavy atom. The number of fused-ring (bicyclic) bond motifs is 1. The number of anilines is 1. The van der Waals surface area contributed by atoms with Crippen molar-refractivity contribution in [1.82, 2.24) is 24.9 Å². The van der Waals surface area contributed by atoms with E-state index < -0.39 is 0 Å². The number of carbonyl (C=O) groups is 1. The molecule has 0 bridgehead atoms. The Bertz CT molecular complexity index is 1400. The van der Waals surface area contributed by atoms with Crippen molar-refractivity contribution in [2.24, 2.45) is 5.92 Å². The summed E-state index contributed by atoms with van der Waals surface area (Å²) in [6.45, 7) is 5.07. The number of hydrogen-bond acceptors (Lipinski definition) is 6. The maximum Gasteiger partial charge on any atom is 0.251 e. The molecule has 1 fully saturated rings. The predicted octanol–water partition coefficient (Wildman–Crippen LogP) is 4.29. The molecule has 1 aliphatic carbocycles. The number of pyridine rings is 1. The van der Waals surface area contributed by atoms with Gasteiger partial charge in [0.1, 0.15) is 6.07 Å². The summed E-state index contributed by atoms with van der Waals surface area (Å²) < 4.78 is 1.80. The van der Waals surface area contributed by atoms with Crippen LogP contribution in [0.5, 0.6) is 0 Å². The minimum atomic E-state index is -0.0438. The van der Waals surface area contributed by atoms with Crippen molar-refractivity contribution in [3.8, 4) is 28.6 Å². The van der Waals surface area contributed by atoms with E-state index in [1.54, 1.807) is 23.0 Å². The number of imidazole rings is 1. The van der Waals surface area contributed by atoms with E-state index in [1.807, 2.05) is 30.3 Å². The van der Waals surface area contributed by atoms with Crippen molar-refractivity contribution in [3.05, 3.63) is 66.1 Å². The van der Waals surface area contributed by atoms with E-state index in [0.29, 0.717) is 34.4 Å². The summed E-state index contributed by atoms with van der Waals surface area (Å²) in [6, 6.07) is 13.7. The van der Waals surface area contributed by atoms with Crippen molar-refractivity contribution in [2.75, 3.05) is 11.9 Å². The molecule has 8 heteroatoms. The van der Waals surface area contributed by atoms with Crippen LogP contribution in [0.15, 0.2) is 55.0 Å². The molecule has 0 unspecified atom stereocenters. The molecule has 0 spiro atoms. The zero-order valence-corrected chi connectivity index (χ0v) is 19.1. The van der Waals surface area contributed by atoms with Crippen molar-refractivity contribution in [2.45, 2.75) is 32.7 Å². The first kappa shape index (κ1) is 21.6. The number of nitrogens with one attached hydrogen (secondary N) is 2. The second-order valence-corrected chi connectivity index (χ2v) is 9.00. The minimum absolute atomic E-state index is 0.0438. The van der Waals surface area contributed by atoms with Gasteiger partial charge in [0.15, 0.2) is 5.65 Å². The summed E-state index contributed by atoms with van der Waals surface area (Å²) in [5.74, 6) is 0.404. The van der Waals surface area contributed by atoms with Gasteiger partial charge in [0.25, 0.3) is 5.91 Å². The molecule has 0 atom stereocenters. The van der Waals surface area contributed by atoms with Crippen LogP contribution in [0.25, 0.3) is 28.2 Å². The number of benzene rings is 1. The van der Waals surface area contributed by atoms with Crippen LogP contribution in [-0.4, -0.2) is 38.1 Å². The molecule has 170 valence electrons. The fourth-order valence-corrected chi connectivity index (χ4v) is 3.68. The molecule has 1 saturated carbocycles. The van der Waals surface area contributed by atoms with Gasteiger partial charge in [-0.05, 0) is 43.0 Å². The third-order valence-electron chi connectivity index (χ3n) is 5.69. The Kier molecular flexibility index (Phi) is 5.68. The molecule has 1 aliphatic rings. The van der Waals surface area contributed by atoms with E-state index in [2.05, 4.69) is 40.5 Å². The standard InChI is InChI=1S/C26H25N7O/c1-16(2)12-29-23-10-22(20-9-17(11-27)13-28-14-20)32-33-24(15-30-25(23)33)18-3-5-19(6-4-18)26(34)31-21-7-8-21/h3-6,9-10,13-16,21,29H,7-8,12H2,1-2H3,(H,31,34). The largest absolute Gasteiger partial charge is 0.382 e. The molecule has 5 rings (SSSR count). The lowest BCUT2D eigenvalue weighted by molar-refractivity contribution is 0.0951. The van der Waals surface area contributed by atoms with Crippen LogP contribution in [0, 0.1) is 17.2 Å². The maximum atomic E-state index is 12.4. The first-order chi connectivity index (χ1) is 16.5. The van der Waals surface area contributed by atoms with E-state index in [9.17, 15) is 10.1 Å². The SMILES string of the molecule is CC(C)CNc1cc(-c2cncc(C#N)c2)nn2c(-c3ccc(C(=O)NC4CC4)cc3)cnc12. The molecule has 4 aromatic rings. The third kappa shape index (κ3) is 4.46. The summed E-state index contributed by atoms with van der Waals surface area (Å²) in [6.07, 6.45) is 7.13. The Labute approximate surface area is 197 Å². The fraction of sp³-hybridized carbons (Fsp3) is 0.269. The lowest BCUT2D eigenvalue weighted by Crippen LogP contribution is -2.25. The predicted molar refractivity (Wildman–Crippen MR) is 130 cm³/mol. The van der Waals surface area contributed by atoms with Crippen LogP contribution in [0.1, 0.15) is 42.6 Å². The highest BCUT2D eigenvalue weighted by Crippen LogP contribution is 2.29. The molecule has 0 radical (unpaired) electrons. The van der Waals surface area contributed by atoms with Crippen LogP contribution < -0.4 is 10.6 Å². The van der Waals surface area contributed by atoms with Gasteiger partial charge in [-0.3, -0.25) is 9.78 Å². The molecular formula is C26H25N7O. The van der Waals surface area contributed by atoms with Gasteiger partial charge in [-0.1, -0.05) is 26.0 Å². The average molecular weight is 452 g/mol. The van der Waals surface area contributed by atoms with Gasteiger partial charge in [0, 0.05) is 41.7 Å². The highest BCUT2D eigenvalue weighted by atomic mass is 16.1. The number of nitriles is 1. The zero-order valence-electron chi connectivity index (χ0n) is 19.1. The summed E-state index contributed by atoms with van der Waals surface area (Å²) in [7, 11) is 0. The second-order valence-electron chi connectivity index (χ2n) is 9.00. The van der Waals surface area contributed by atoms with Crippen LogP contribution in [-0.2, 0) is 0 Å². The lowest BCUT2D eigenvalue weighted by Gasteiger charge is -2.13. The smallest absolute Gasteiger partial charge is 0.251 e. The highest BCUT2D eigenvalue weighted by Gasteiger charge is 2.24. The first-order valence-corrected chi connectivity index (χ1v) is 11.4. The topological polar surface area (TPSA) is 108 Å². The Morgan fingerprint density at radius 1 is 1.15 bits per heavy atom. The van der Waals surface area contributed by atoms with Gasteiger partial charge in [0.05, 0.1) is 28.8 Å². The summed E-state index contributed by atoms with van der Waals surface area (Å²) in [5.41, 5.74) is 5.82. The molecule has 3 aromatic heterocycles. The number of hydrogen-bond donors (Lipinski definition) is 2. The summed E-state index contributed by atoms with van der Waals surface area (Å²) in [5, 5.41) is 20.6. The molecule has 3 heterocycles. The second kappa shape index (κ2) is 8.94. The van der Waals surface area contributed by atoms with Crippen molar-refractivity contribution in [3.63, 3.8) is 0 Å². The van der Waals surface area contributed by atoms with Crippen LogP contribution in [0.2, 0.25) is 0 Å². The zero-order chi connectivity index (χ0) is 23.7. The maximum absolute atomic E-state index is 12.4. The monoisotopic (exact) mass is 451 g/mol. The minimum Gasteiger partial charge on any atom is -0.382 e. The molecular weight excluding hydrogens is 426 g/mol. The lowest BCUT2D eigenvalue weighted by atomic mass is 10.1. The Balaban J connectivity index is 1.56. The van der Waals surface area contributed by atoms with E-state index in [1.165, 1.54) is 6.20 Å². The third-order valence-corrected chi connectivity index (χ3v) is 5.69. The highest BCUT2D eigenvalue weighted by molar-refractivity contribution is 5.95. The van der Waals surface area contributed by atoms with Crippen molar-refractivity contribution >= 4 is 17.2 Å². The van der Waals surface area contributed by atoms with E-state index in [4.69, 9.17) is 5.10 Å². The number of amides is 1. The van der Waals surface area contributed by atoms with Gasteiger partial charge in [0.2, 0.25) is 0 Å². The van der Waals surface area contributed by atoms with E-state index in [0.717, 1.165) is 41.9 Å². The van der Waals surface area contributed by atoms with Gasteiger partial charge < -0.3 is 10.6 Å². The van der Waals surface area contributed by atoms with Crippen molar-refractivity contribution in [1.29, 1.82) is 5.26 Å². The molecule has 1 amide bonds. The molecule has 2 N–H and O–H groups in total. The number of rotatable bonds is 7. The number of carbonyl (C=O) groups excluding carboxylic acids is 1.